The minimum atomic E-state index is -0.829. The summed E-state index contributed by atoms with van der Waals surface area (Å²) in [6.45, 7) is 2.44. The van der Waals surface area contributed by atoms with Crippen LogP contribution in [-0.2, 0) is 6.42 Å². The number of halogens is 2. The molecule has 0 aromatic carbocycles. The van der Waals surface area contributed by atoms with Gasteiger partial charge in [0.1, 0.15) is 11.8 Å². The minimum Gasteiger partial charge on any atom is -0.390 e. The number of aromatic nitrogens is 7. The van der Waals surface area contributed by atoms with E-state index in [2.05, 4.69) is 36.8 Å². The summed E-state index contributed by atoms with van der Waals surface area (Å²) in [5, 5.41) is 36.0. The molecule has 0 radical (unpaired) electrons. The van der Waals surface area contributed by atoms with Gasteiger partial charge < -0.3 is 10.4 Å². The van der Waals surface area contributed by atoms with E-state index in [1.54, 1.807) is 53.9 Å². The van der Waals surface area contributed by atoms with Crippen LogP contribution in [0.1, 0.15) is 50.8 Å². The standard InChI is InChI=1S/C25H29F2N9O/c1-25(2,37)7-5-20-16-35(34-33-20)22-15-29-23(11-21(22)32-19(6-9-27)4-3-8-26)36-24-18(14-31-36)10-17(12-28)13-30-24/h10-11,13-16,19,37H,3-9H2,1-2H3,(H,29,32). The molecule has 194 valence electrons. The van der Waals surface area contributed by atoms with Gasteiger partial charge in [-0.15, -0.1) is 5.10 Å². The van der Waals surface area contributed by atoms with Crippen molar-refractivity contribution in [2.45, 2.75) is 57.6 Å². The highest BCUT2D eigenvalue weighted by Crippen LogP contribution is 2.26. The Morgan fingerprint density at radius 3 is 2.70 bits per heavy atom. The molecule has 4 rings (SSSR count). The van der Waals surface area contributed by atoms with Crippen LogP contribution in [0.15, 0.2) is 36.9 Å². The van der Waals surface area contributed by atoms with Crippen molar-refractivity contribution in [1.82, 2.24) is 34.7 Å². The number of aryl methyl sites for hydroxylation is 1. The van der Waals surface area contributed by atoms with Crippen LogP contribution in [0.2, 0.25) is 0 Å². The van der Waals surface area contributed by atoms with E-state index in [1.165, 1.54) is 6.20 Å². The van der Waals surface area contributed by atoms with E-state index in [-0.39, 0.29) is 12.5 Å². The average Bonchev–Trinajstić information content (AvgIpc) is 3.52. The molecule has 1 atom stereocenters. The molecule has 2 N–H and O–H groups in total. The Balaban J connectivity index is 1.72. The van der Waals surface area contributed by atoms with Crippen molar-refractivity contribution in [3.8, 4) is 17.6 Å². The van der Waals surface area contributed by atoms with E-state index < -0.39 is 19.0 Å². The molecular formula is C25H29F2N9O. The number of rotatable bonds is 12. The Hall–Kier alpha value is -3.98. The molecule has 10 nitrogen and oxygen atoms in total. The Morgan fingerprint density at radius 1 is 1.14 bits per heavy atom. The number of nitrogens with zero attached hydrogens (tertiary/aromatic N) is 8. The summed E-state index contributed by atoms with van der Waals surface area (Å²) in [5.41, 5.74) is 1.99. The summed E-state index contributed by atoms with van der Waals surface area (Å²) in [6.07, 6.45) is 8.46. The van der Waals surface area contributed by atoms with Gasteiger partial charge in [0, 0.05) is 23.7 Å². The van der Waals surface area contributed by atoms with Gasteiger partial charge in [-0.05, 0) is 52.0 Å². The minimum absolute atomic E-state index is 0.217. The van der Waals surface area contributed by atoms with Crippen molar-refractivity contribution < 1.29 is 13.9 Å². The molecule has 1 unspecified atom stereocenters. The van der Waals surface area contributed by atoms with Crippen molar-refractivity contribution in [2.75, 3.05) is 18.7 Å². The van der Waals surface area contributed by atoms with Gasteiger partial charge in [0.25, 0.3) is 0 Å². The molecule has 0 aliphatic heterocycles. The van der Waals surface area contributed by atoms with Crippen LogP contribution in [-0.4, -0.2) is 64.8 Å². The third-order valence-electron chi connectivity index (χ3n) is 5.91. The molecule has 0 saturated carbocycles. The van der Waals surface area contributed by atoms with Crippen molar-refractivity contribution in [2.24, 2.45) is 0 Å². The van der Waals surface area contributed by atoms with Crippen LogP contribution < -0.4 is 5.32 Å². The second-order valence-corrected chi connectivity index (χ2v) is 9.48. The lowest BCUT2D eigenvalue weighted by molar-refractivity contribution is 0.0711. The van der Waals surface area contributed by atoms with E-state index in [1.807, 2.05) is 0 Å². The number of fused-ring (bicyclic) bond motifs is 1. The molecule has 37 heavy (non-hydrogen) atoms. The van der Waals surface area contributed by atoms with Crippen molar-refractivity contribution >= 4 is 16.7 Å². The van der Waals surface area contributed by atoms with E-state index in [0.717, 1.165) is 0 Å². The van der Waals surface area contributed by atoms with Crippen molar-refractivity contribution in [3.05, 3.63) is 48.2 Å². The molecule has 4 heterocycles. The van der Waals surface area contributed by atoms with Crippen LogP contribution in [0.5, 0.6) is 0 Å². The van der Waals surface area contributed by atoms with Gasteiger partial charge >= 0.3 is 0 Å². The quantitative estimate of drug-likeness (QED) is 0.294. The van der Waals surface area contributed by atoms with Gasteiger partial charge in [0.15, 0.2) is 11.5 Å². The Bertz CT molecular complexity index is 1390. The lowest BCUT2D eigenvalue weighted by atomic mass is 10.0. The SMILES string of the molecule is CC(C)(O)CCc1cn(-c2cnc(-n3ncc4cc(C#N)cnc43)cc2NC(CCF)CCCF)nn1. The number of nitriles is 1. The maximum atomic E-state index is 13.3. The van der Waals surface area contributed by atoms with Crippen LogP contribution in [0.3, 0.4) is 0 Å². The van der Waals surface area contributed by atoms with Gasteiger partial charge in [-0.2, -0.15) is 15.0 Å². The summed E-state index contributed by atoms with van der Waals surface area (Å²) in [5.74, 6) is 0.449. The van der Waals surface area contributed by atoms with Crippen LogP contribution in [0.4, 0.5) is 14.5 Å². The molecule has 0 aliphatic carbocycles. The molecule has 4 aromatic rings. The molecular weight excluding hydrogens is 480 g/mol. The number of anilines is 1. The zero-order valence-electron chi connectivity index (χ0n) is 20.8. The van der Waals surface area contributed by atoms with Crippen LogP contribution in [0.25, 0.3) is 22.5 Å². The number of alkyl halides is 2. The fraction of sp³-hybridized carbons (Fsp3) is 0.440. The largest absolute Gasteiger partial charge is 0.390 e. The first-order chi connectivity index (χ1) is 17.8. The van der Waals surface area contributed by atoms with Gasteiger partial charge in [0.2, 0.25) is 0 Å². The summed E-state index contributed by atoms with van der Waals surface area (Å²) >= 11 is 0. The predicted octanol–water partition coefficient (Wildman–Crippen LogP) is 3.86. The Morgan fingerprint density at radius 2 is 1.97 bits per heavy atom. The second kappa shape index (κ2) is 11.4. The monoisotopic (exact) mass is 509 g/mol. The highest BCUT2D eigenvalue weighted by Gasteiger charge is 2.18. The molecule has 4 aromatic heterocycles. The van der Waals surface area contributed by atoms with Gasteiger partial charge in [-0.1, -0.05) is 5.21 Å². The first-order valence-electron chi connectivity index (χ1n) is 12.1. The van der Waals surface area contributed by atoms with E-state index in [4.69, 9.17) is 5.26 Å². The maximum absolute atomic E-state index is 13.3. The third kappa shape index (κ3) is 6.42. The van der Waals surface area contributed by atoms with E-state index in [9.17, 15) is 13.9 Å². The summed E-state index contributed by atoms with van der Waals surface area (Å²) < 4.78 is 29.3. The highest BCUT2D eigenvalue weighted by atomic mass is 19.1. The molecule has 0 amide bonds. The van der Waals surface area contributed by atoms with Crippen molar-refractivity contribution in [1.29, 1.82) is 5.26 Å². The van der Waals surface area contributed by atoms with Crippen LogP contribution in [0, 0.1) is 11.3 Å². The number of pyridine rings is 2. The predicted molar refractivity (Wildman–Crippen MR) is 134 cm³/mol. The highest BCUT2D eigenvalue weighted by molar-refractivity contribution is 5.77. The zero-order chi connectivity index (χ0) is 26.4. The Kier molecular flexibility index (Phi) is 8.03. The Labute approximate surface area is 213 Å². The normalized spacial score (nSPS) is 12.5. The topological polar surface area (TPSA) is 130 Å². The zero-order valence-corrected chi connectivity index (χ0v) is 20.8. The number of nitrogens with one attached hydrogen (secondary N) is 1. The second-order valence-electron chi connectivity index (χ2n) is 9.48. The number of aliphatic hydroxyl groups is 1. The third-order valence-corrected chi connectivity index (χ3v) is 5.91. The molecule has 12 heteroatoms. The summed E-state index contributed by atoms with van der Waals surface area (Å²) in [6, 6.07) is 5.20. The number of hydrogen-bond acceptors (Lipinski definition) is 8. The number of hydrogen-bond donors (Lipinski definition) is 2. The maximum Gasteiger partial charge on any atom is 0.164 e. The first-order valence-corrected chi connectivity index (χ1v) is 12.1. The van der Waals surface area contributed by atoms with E-state index >= 15 is 0 Å². The van der Waals surface area contributed by atoms with E-state index in [0.29, 0.717) is 65.2 Å². The fourth-order valence-electron chi connectivity index (χ4n) is 3.93. The van der Waals surface area contributed by atoms with Crippen LogP contribution >= 0.6 is 0 Å². The summed E-state index contributed by atoms with van der Waals surface area (Å²) in [7, 11) is 0. The summed E-state index contributed by atoms with van der Waals surface area (Å²) in [4.78, 5) is 8.90. The smallest absolute Gasteiger partial charge is 0.164 e. The molecule has 0 fully saturated rings. The molecule has 0 saturated heterocycles. The fourth-order valence-corrected chi connectivity index (χ4v) is 3.93. The molecule has 0 spiro atoms. The first kappa shape index (κ1) is 26.1. The lowest BCUT2D eigenvalue weighted by Crippen LogP contribution is -2.22. The molecule has 0 aliphatic rings. The molecule has 0 bridgehead atoms. The van der Waals surface area contributed by atoms with Gasteiger partial charge in [-0.3, -0.25) is 8.78 Å². The lowest BCUT2D eigenvalue weighted by Gasteiger charge is -2.21. The van der Waals surface area contributed by atoms with Gasteiger partial charge in [-0.25, -0.2) is 14.6 Å². The van der Waals surface area contributed by atoms with Gasteiger partial charge in [0.05, 0.1) is 54.5 Å². The average molecular weight is 510 g/mol. The van der Waals surface area contributed by atoms with Crippen molar-refractivity contribution in [3.63, 3.8) is 0 Å².